The van der Waals surface area contributed by atoms with E-state index < -0.39 is 0 Å². The highest BCUT2D eigenvalue weighted by Crippen LogP contribution is 2.35. The van der Waals surface area contributed by atoms with Gasteiger partial charge in [-0.2, -0.15) is 0 Å². The number of hydrogen-bond donors (Lipinski definition) is 2. The molecule has 2 aliphatic rings. The lowest BCUT2D eigenvalue weighted by Crippen LogP contribution is -2.43. The normalized spacial score (nSPS) is 18.1. The molecule has 2 N–H and O–H groups in total. The van der Waals surface area contributed by atoms with Crippen LogP contribution < -0.4 is 25.0 Å². The molecule has 2 heterocycles. The Bertz CT molecular complexity index is 856. The summed E-state index contributed by atoms with van der Waals surface area (Å²) in [6.45, 7) is 2.01. The van der Waals surface area contributed by atoms with E-state index >= 15 is 0 Å². The van der Waals surface area contributed by atoms with Gasteiger partial charge in [-0.15, -0.1) is 0 Å². The first kappa shape index (κ1) is 18.2. The van der Waals surface area contributed by atoms with Gasteiger partial charge in [0.05, 0.1) is 6.04 Å². The fourth-order valence-corrected chi connectivity index (χ4v) is 3.46. The Balaban J connectivity index is 1.29. The van der Waals surface area contributed by atoms with Crippen LogP contribution >= 0.6 is 0 Å². The van der Waals surface area contributed by atoms with E-state index in [0.29, 0.717) is 37.8 Å². The van der Waals surface area contributed by atoms with Gasteiger partial charge in [0.15, 0.2) is 11.5 Å². The number of fused-ring (bicyclic) bond motifs is 1. The molecule has 2 aromatic carbocycles. The highest BCUT2D eigenvalue weighted by atomic mass is 16.6. The monoisotopic (exact) mass is 381 g/mol. The van der Waals surface area contributed by atoms with Crippen molar-refractivity contribution in [1.82, 2.24) is 10.6 Å². The highest BCUT2D eigenvalue weighted by Gasteiger charge is 2.32. The second-order valence-electron chi connectivity index (χ2n) is 6.87. The lowest BCUT2D eigenvalue weighted by atomic mass is 10.1. The number of carbonyl (C=O) groups is 2. The van der Waals surface area contributed by atoms with Gasteiger partial charge in [-0.3, -0.25) is 4.79 Å². The molecule has 146 valence electrons. The Morgan fingerprint density at radius 1 is 1.07 bits per heavy atom. The predicted octanol–water partition coefficient (Wildman–Crippen LogP) is 2.10. The molecule has 1 unspecified atom stereocenters. The third-order valence-electron chi connectivity index (χ3n) is 4.84. The number of benzene rings is 2. The molecule has 0 aliphatic carbocycles. The molecule has 3 amide bonds. The maximum Gasteiger partial charge on any atom is 0.315 e. The molecule has 0 aromatic heterocycles. The molecule has 1 atom stereocenters. The topological polar surface area (TPSA) is 79.9 Å². The van der Waals surface area contributed by atoms with Crippen LogP contribution in [0.3, 0.4) is 0 Å². The average molecular weight is 381 g/mol. The Labute approximate surface area is 163 Å². The van der Waals surface area contributed by atoms with E-state index in [1.54, 1.807) is 4.90 Å². The summed E-state index contributed by atoms with van der Waals surface area (Å²) in [4.78, 5) is 26.2. The zero-order valence-corrected chi connectivity index (χ0v) is 15.5. The molecule has 0 spiro atoms. The van der Waals surface area contributed by atoms with Gasteiger partial charge in [0.25, 0.3) is 0 Å². The number of carbonyl (C=O) groups excluding carboxylic acids is 2. The van der Waals surface area contributed by atoms with Crippen molar-refractivity contribution in [2.75, 3.05) is 31.2 Å². The molecule has 7 heteroatoms. The van der Waals surface area contributed by atoms with Crippen molar-refractivity contribution in [3.05, 3.63) is 54.1 Å². The van der Waals surface area contributed by atoms with Crippen LogP contribution in [0.4, 0.5) is 10.5 Å². The van der Waals surface area contributed by atoms with Crippen LogP contribution in [0.5, 0.6) is 11.5 Å². The molecule has 2 aliphatic heterocycles. The number of anilines is 1. The van der Waals surface area contributed by atoms with Gasteiger partial charge in [0, 0.05) is 31.3 Å². The molecular weight excluding hydrogens is 358 g/mol. The van der Waals surface area contributed by atoms with E-state index in [2.05, 4.69) is 10.6 Å². The van der Waals surface area contributed by atoms with Crippen molar-refractivity contribution in [2.45, 2.75) is 18.9 Å². The van der Waals surface area contributed by atoms with E-state index in [-0.39, 0.29) is 24.4 Å². The summed E-state index contributed by atoms with van der Waals surface area (Å²) in [7, 11) is 0. The fourth-order valence-electron chi connectivity index (χ4n) is 3.46. The van der Waals surface area contributed by atoms with Crippen LogP contribution in [-0.2, 0) is 11.2 Å². The van der Waals surface area contributed by atoms with Gasteiger partial charge in [0.2, 0.25) is 5.91 Å². The third-order valence-corrected chi connectivity index (χ3v) is 4.84. The van der Waals surface area contributed by atoms with E-state index in [9.17, 15) is 9.59 Å². The van der Waals surface area contributed by atoms with Crippen LogP contribution in [-0.4, -0.2) is 44.3 Å². The predicted molar refractivity (Wildman–Crippen MR) is 105 cm³/mol. The Morgan fingerprint density at radius 3 is 2.68 bits per heavy atom. The lowest BCUT2D eigenvalue weighted by Gasteiger charge is -2.22. The summed E-state index contributed by atoms with van der Waals surface area (Å²) < 4.78 is 11.1. The fraction of sp³-hybridized carbons (Fsp3) is 0.333. The van der Waals surface area contributed by atoms with Crippen molar-refractivity contribution in [3.8, 4) is 11.5 Å². The molecule has 2 aromatic rings. The molecular formula is C21H23N3O4. The molecule has 7 nitrogen and oxygen atoms in total. The Morgan fingerprint density at radius 2 is 1.86 bits per heavy atom. The van der Waals surface area contributed by atoms with Gasteiger partial charge in [0.1, 0.15) is 13.2 Å². The Kier molecular flexibility index (Phi) is 5.32. The molecule has 0 bridgehead atoms. The molecule has 28 heavy (non-hydrogen) atoms. The Hall–Kier alpha value is -3.22. The van der Waals surface area contributed by atoms with Crippen LogP contribution in [0.25, 0.3) is 0 Å². The van der Waals surface area contributed by atoms with Crippen molar-refractivity contribution < 1.29 is 19.1 Å². The number of nitrogens with one attached hydrogen (secondary N) is 2. The molecule has 1 saturated heterocycles. The third kappa shape index (κ3) is 4.19. The first-order valence-corrected chi connectivity index (χ1v) is 9.47. The van der Waals surface area contributed by atoms with Gasteiger partial charge in [-0.1, -0.05) is 30.3 Å². The van der Waals surface area contributed by atoms with E-state index in [1.165, 1.54) is 5.56 Å². The highest BCUT2D eigenvalue weighted by molar-refractivity contribution is 5.97. The van der Waals surface area contributed by atoms with Crippen LogP contribution in [0, 0.1) is 0 Å². The lowest BCUT2D eigenvalue weighted by molar-refractivity contribution is -0.117. The summed E-state index contributed by atoms with van der Waals surface area (Å²) in [5, 5.41) is 5.74. The zero-order chi connectivity index (χ0) is 19.3. The van der Waals surface area contributed by atoms with Gasteiger partial charge in [-0.05, 0) is 24.1 Å². The van der Waals surface area contributed by atoms with Gasteiger partial charge in [-0.25, -0.2) is 4.79 Å². The first-order valence-electron chi connectivity index (χ1n) is 9.47. The SMILES string of the molecule is O=C(NCCc1ccccc1)NC1CC(=O)N(c2ccc3c(c2)OCCO3)C1. The molecule has 0 radical (unpaired) electrons. The first-order chi connectivity index (χ1) is 13.7. The van der Waals surface area contributed by atoms with Crippen molar-refractivity contribution >= 4 is 17.6 Å². The van der Waals surface area contributed by atoms with Gasteiger partial charge >= 0.3 is 6.03 Å². The van der Waals surface area contributed by atoms with Crippen LogP contribution in [0.1, 0.15) is 12.0 Å². The maximum absolute atomic E-state index is 12.4. The minimum Gasteiger partial charge on any atom is -0.486 e. The molecule has 1 fully saturated rings. The summed E-state index contributed by atoms with van der Waals surface area (Å²) in [5.41, 5.74) is 1.92. The summed E-state index contributed by atoms with van der Waals surface area (Å²) in [6.07, 6.45) is 1.04. The zero-order valence-electron chi connectivity index (χ0n) is 15.5. The quantitative estimate of drug-likeness (QED) is 0.831. The maximum atomic E-state index is 12.4. The van der Waals surface area contributed by atoms with Crippen LogP contribution in [0.2, 0.25) is 0 Å². The number of nitrogens with zero attached hydrogens (tertiary/aromatic N) is 1. The largest absolute Gasteiger partial charge is 0.486 e. The van der Waals surface area contributed by atoms with Crippen molar-refractivity contribution in [2.24, 2.45) is 0 Å². The van der Waals surface area contributed by atoms with E-state index in [1.807, 2.05) is 48.5 Å². The number of amides is 3. The van der Waals surface area contributed by atoms with Gasteiger partial charge < -0.3 is 25.0 Å². The minimum absolute atomic E-state index is 0.0220. The number of rotatable bonds is 5. The summed E-state index contributed by atoms with van der Waals surface area (Å²) >= 11 is 0. The van der Waals surface area contributed by atoms with E-state index in [0.717, 1.165) is 12.1 Å². The number of ether oxygens (including phenoxy) is 2. The number of hydrogen-bond acceptors (Lipinski definition) is 4. The van der Waals surface area contributed by atoms with Crippen molar-refractivity contribution in [1.29, 1.82) is 0 Å². The minimum atomic E-state index is -0.252. The molecule has 0 saturated carbocycles. The van der Waals surface area contributed by atoms with Crippen molar-refractivity contribution in [3.63, 3.8) is 0 Å². The summed E-state index contributed by atoms with van der Waals surface area (Å²) in [5.74, 6) is 1.31. The number of urea groups is 1. The van der Waals surface area contributed by atoms with Crippen LogP contribution in [0.15, 0.2) is 48.5 Å². The second kappa shape index (κ2) is 8.21. The summed E-state index contributed by atoms with van der Waals surface area (Å²) in [6, 6.07) is 15.0. The van der Waals surface area contributed by atoms with E-state index in [4.69, 9.17) is 9.47 Å². The second-order valence-corrected chi connectivity index (χ2v) is 6.87. The smallest absolute Gasteiger partial charge is 0.315 e. The molecule has 4 rings (SSSR count). The average Bonchev–Trinajstić information content (AvgIpc) is 3.08. The standard InChI is InChI=1S/C21H23N3O4/c25-20-12-16(23-21(26)22-9-8-15-4-2-1-3-5-15)14-24(20)17-6-7-18-19(13-17)28-11-10-27-18/h1-7,13,16H,8-12,14H2,(H2,22,23,26).